The van der Waals surface area contributed by atoms with Crippen molar-refractivity contribution in [2.24, 2.45) is 4.99 Å². The Morgan fingerprint density at radius 1 is 1.16 bits per heavy atom. The Bertz CT molecular complexity index is 1040. The highest BCUT2D eigenvalue weighted by Crippen LogP contribution is 2.46. The van der Waals surface area contributed by atoms with Crippen LogP contribution in [0.25, 0.3) is 0 Å². The number of aliphatic carboxylic acids is 2. The Morgan fingerprint density at radius 2 is 1.81 bits per heavy atom. The molecule has 9 nitrogen and oxygen atoms in total. The van der Waals surface area contributed by atoms with Crippen LogP contribution in [0.3, 0.4) is 0 Å². The second-order valence-electron chi connectivity index (χ2n) is 7.20. The maximum absolute atomic E-state index is 9.55. The number of methoxy groups -OCH3 is 1. The summed E-state index contributed by atoms with van der Waals surface area (Å²) in [6, 6.07) is 8.03. The number of fused-ring (bicyclic) bond motifs is 2. The maximum Gasteiger partial charge on any atom is 0.328 e. The van der Waals surface area contributed by atoms with Crippen molar-refractivity contribution in [2.45, 2.75) is 6.92 Å². The number of hydrogen-bond acceptors (Lipinski definition) is 8. The molecule has 0 bridgehead atoms. The molecule has 0 saturated carbocycles. The zero-order valence-electron chi connectivity index (χ0n) is 18.1. The summed E-state index contributed by atoms with van der Waals surface area (Å²) in [7, 11) is 3.82. The molecule has 0 unspecified atom stereocenters. The van der Waals surface area contributed by atoms with Crippen molar-refractivity contribution in [2.75, 3.05) is 40.3 Å². The minimum absolute atomic E-state index is 0.558. The van der Waals surface area contributed by atoms with Gasteiger partial charge in [0.15, 0.2) is 16.6 Å². The number of benzene rings is 1. The lowest BCUT2D eigenvalue weighted by atomic mass is 10.2. The molecule has 0 spiro atoms. The summed E-state index contributed by atoms with van der Waals surface area (Å²) in [6.45, 7) is 6.14. The average Bonchev–Trinajstić information content (AvgIpc) is 3.04. The molecule has 4 rings (SSSR count). The smallest absolute Gasteiger partial charge is 0.328 e. The summed E-state index contributed by atoms with van der Waals surface area (Å²) >= 11 is 1.66. The van der Waals surface area contributed by atoms with Crippen molar-refractivity contribution >= 4 is 34.8 Å². The first-order chi connectivity index (χ1) is 15.3. The summed E-state index contributed by atoms with van der Waals surface area (Å²) < 4.78 is 11.7. The number of carboxylic acids is 2. The lowest BCUT2D eigenvalue weighted by molar-refractivity contribution is -0.134. The zero-order valence-corrected chi connectivity index (χ0v) is 18.9. The molecule has 2 aliphatic heterocycles. The molecule has 0 aliphatic carbocycles. The van der Waals surface area contributed by atoms with E-state index in [1.54, 1.807) is 18.4 Å². The molecular weight excluding hydrogens is 434 g/mol. The molecule has 1 aromatic carbocycles. The van der Waals surface area contributed by atoms with E-state index in [-0.39, 0.29) is 0 Å². The molecule has 3 heterocycles. The molecule has 0 radical (unpaired) electrons. The number of aryl methyl sites for hydroxylation is 1. The van der Waals surface area contributed by atoms with E-state index in [4.69, 9.17) is 24.7 Å². The van der Waals surface area contributed by atoms with Crippen molar-refractivity contribution in [3.63, 3.8) is 0 Å². The van der Waals surface area contributed by atoms with Crippen LogP contribution >= 0.6 is 11.3 Å². The number of rotatable bonds is 3. The fraction of sp³-hybridized carbons (Fsp3) is 0.318. The van der Waals surface area contributed by atoms with Crippen LogP contribution in [0.15, 0.2) is 41.4 Å². The van der Waals surface area contributed by atoms with Gasteiger partial charge >= 0.3 is 11.9 Å². The van der Waals surface area contributed by atoms with Crippen molar-refractivity contribution < 1.29 is 29.3 Å². The van der Waals surface area contributed by atoms with Crippen LogP contribution in [-0.4, -0.2) is 78.1 Å². The topological polar surface area (TPSA) is 112 Å². The van der Waals surface area contributed by atoms with Crippen molar-refractivity contribution in [3.05, 3.63) is 46.9 Å². The number of amidine groups is 1. The fourth-order valence-electron chi connectivity index (χ4n) is 3.25. The third-order valence-electron chi connectivity index (χ3n) is 4.83. The Balaban J connectivity index is 0.000000312. The summed E-state index contributed by atoms with van der Waals surface area (Å²) in [5.74, 6) is -0.0886. The van der Waals surface area contributed by atoms with E-state index in [1.807, 2.05) is 18.2 Å². The van der Waals surface area contributed by atoms with E-state index < -0.39 is 11.9 Å². The second-order valence-corrected chi connectivity index (χ2v) is 8.42. The quantitative estimate of drug-likeness (QED) is 0.673. The summed E-state index contributed by atoms with van der Waals surface area (Å²) in [4.78, 5) is 30.0. The molecule has 170 valence electrons. The summed E-state index contributed by atoms with van der Waals surface area (Å²) in [5, 5.41) is 16.5. The lowest BCUT2D eigenvalue weighted by Gasteiger charge is -2.34. The Hall–Kier alpha value is -3.37. The lowest BCUT2D eigenvalue weighted by Crippen LogP contribution is -2.47. The van der Waals surface area contributed by atoms with Crippen LogP contribution in [-0.2, 0) is 9.59 Å². The minimum atomic E-state index is -1.26. The predicted molar refractivity (Wildman–Crippen MR) is 122 cm³/mol. The number of ether oxygens (including phenoxy) is 2. The molecule has 10 heteroatoms. The van der Waals surface area contributed by atoms with Gasteiger partial charge in [0.05, 0.1) is 12.7 Å². The van der Waals surface area contributed by atoms with Crippen LogP contribution < -0.4 is 9.47 Å². The highest BCUT2D eigenvalue weighted by Gasteiger charge is 2.27. The van der Waals surface area contributed by atoms with Gasteiger partial charge in [0.2, 0.25) is 0 Å². The van der Waals surface area contributed by atoms with E-state index in [0.717, 1.165) is 48.3 Å². The highest BCUT2D eigenvalue weighted by molar-refractivity contribution is 7.14. The van der Waals surface area contributed by atoms with Gasteiger partial charge in [-0.05, 0) is 32.2 Å². The van der Waals surface area contributed by atoms with E-state index in [0.29, 0.717) is 23.7 Å². The Kier molecular flexibility index (Phi) is 7.49. The number of para-hydroxylation sites is 1. The van der Waals surface area contributed by atoms with E-state index in [9.17, 15) is 9.59 Å². The molecule has 2 aliphatic rings. The molecule has 1 aromatic heterocycles. The molecule has 1 fully saturated rings. The molecule has 32 heavy (non-hydrogen) atoms. The number of carbonyl (C=O) groups is 2. The van der Waals surface area contributed by atoms with Gasteiger partial charge < -0.3 is 29.5 Å². The molecule has 0 amide bonds. The van der Waals surface area contributed by atoms with Crippen LogP contribution in [0.4, 0.5) is 5.69 Å². The van der Waals surface area contributed by atoms with E-state index in [1.165, 1.54) is 4.88 Å². The maximum atomic E-state index is 9.55. The SMILES string of the molecule is COc1cccc2c1Oc1sc(C)cc1C(N1CCN(C)CC1)=N2.O=C(O)/C=C/C(=O)O. The standard InChI is InChI=1S/C18H21N3O2S.C4H4O4/c1-12-11-13-17(21-9-7-20(2)8-10-21)19-14-5-4-6-15(22-3)16(14)23-18(13)24-12;5-3(6)1-2-4(7)8/h4-6,11H,7-10H2,1-3H3;1-2H,(H,5,6)(H,7,8)/b;2-1+. The van der Waals surface area contributed by atoms with Gasteiger partial charge in [-0.2, -0.15) is 0 Å². The van der Waals surface area contributed by atoms with Gasteiger partial charge in [-0.15, -0.1) is 11.3 Å². The second kappa shape index (κ2) is 10.3. The zero-order chi connectivity index (χ0) is 23.3. The van der Waals surface area contributed by atoms with Crippen LogP contribution in [0.1, 0.15) is 10.4 Å². The van der Waals surface area contributed by atoms with Crippen LogP contribution in [0, 0.1) is 6.92 Å². The molecule has 0 atom stereocenters. The number of hydrogen-bond donors (Lipinski definition) is 2. The minimum Gasteiger partial charge on any atom is -0.493 e. The van der Waals surface area contributed by atoms with E-state index in [2.05, 4.69) is 29.8 Å². The third-order valence-corrected chi connectivity index (χ3v) is 5.76. The monoisotopic (exact) mass is 459 g/mol. The van der Waals surface area contributed by atoms with Gasteiger partial charge in [0.25, 0.3) is 0 Å². The van der Waals surface area contributed by atoms with Gasteiger partial charge in [-0.25, -0.2) is 14.6 Å². The first-order valence-electron chi connectivity index (χ1n) is 9.90. The number of carboxylic acid groups (broad SMARTS) is 2. The number of aliphatic imine (C=N–C) groups is 1. The Morgan fingerprint density at radius 3 is 2.41 bits per heavy atom. The number of piperazine rings is 1. The van der Waals surface area contributed by atoms with Gasteiger partial charge in [0.1, 0.15) is 11.5 Å². The van der Waals surface area contributed by atoms with Crippen molar-refractivity contribution in [1.29, 1.82) is 0 Å². The van der Waals surface area contributed by atoms with Crippen LogP contribution in [0.2, 0.25) is 0 Å². The first-order valence-corrected chi connectivity index (χ1v) is 10.7. The molecular formula is C22H25N3O6S. The highest BCUT2D eigenvalue weighted by atomic mass is 32.1. The van der Waals surface area contributed by atoms with Gasteiger partial charge in [-0.3, -0.25) is 0 Å². The van der Waals surface area contributed by atoms with Crippen molar-refractivity contribution in [3.8, 4) is 16.6 Å². The first kappa shape index (κ1) is 23.3. The normalized spacial score (nSPS) is 15.5. The average molecular weight is 460 g/mol. The van der Waals surface area contributed by atoms with Gasteiger partial charge in [0, 0.05) is 43.2 Å². The molecule has 1 saturated heterocycles. The fourth-order valence-corrected chi connectivity index (χ4v) is 4.10. The van der Waals surface area contributed by atoms with Gasteiger partial charge in [-0.1, -0.05) is 6.07 Å². The largest absolute Gasteiger partial charge is 0.493 e. The van der Waals surface area contributed by atoms with Crippen molar-refractivity contribution in [1.82, 2.24) is 9.80 Å². The third kappa shape index (κ3) is 5.65. The van der Waals surface area contributed by atoms with E-state index >= 15 is 0 Å². The number of nitrogens with zero attached hydrogens (tertiary/aromatic N) is 3. The molecule has 2 N–H and O–H groups in total. The predicted octanol–water partition coefficient (Wildman–Crippen LogP) is 3.21. The summed E-state index contributed by atoms with van der Waals surface area (Å²) in [6.07, 6.45) is 1.12. The number of thiophene rings is 1. The molecule has 2 aromatic rings. The van der Waals surface area contributed by atoms with Crippen LogP contribution in [0.5, 0.6) is 16.6 Å². The number of likely N-dealkylation sites (N-methyl/N-ethyl adjacent to an activating group) is 1. The Labute approximate surface area is 189 Å². The summed E-state index contributed by atoms with van der Waals surface area (Å²) in [5.41, 5.74) is 1.91.